The molecule has 3 heterocycles. The number of nitrogens with zero attached hydrogens (tertiary/aromatic N) is 2. The molecule has 0 atom stereocenters. The number of carbonyl (C=O) groups excluding carboxylic acids is 1. The minimum Gasteiger partial charge on any atom is -0.440 e. The van der Waals surface area contributed by atoms with Gasteiger partial charge in [-0.25, -0.2) is 4.98 Å². The number of oxazole rings is 1. The number of hydrogen-bond donors (Lipinski definition) is 2. The van der Waals surface area contributed by atoms with Gasteiger partial charge < -0.3 is 24.4 Å². The molecule has 1 aliphatic carbocycles. The lowest BCUT2D eigenvalue weighted by molar-refractivity contribution is 0.0846. The Morgan fingerprint density at radius 1 is 1.17 bits per heavy atom. The van der Waals surface area contributed by atoms with Crippen molar-refractivity contribution in [2.45, 2.75) is 71.9 Å². The highest BCUT2D eigenvalue weighted by atomic mass is 16.5. The predicted molar refractivity (Wildman–Crippen MR) is 135 cm³/mol. The lowest BCUT2D eigenvalue weighted by Gasteiger charge is -2.36. The van der Waals surface area contributed by atoms with Crippen molar-refractivity contribution in [1.29, 1.82) is 0 Å². The molecule has 8 nitrogen and oxygen atoms in total. The van der Waals surface area contributed by atoms with E-state index in [4.69, 9.17) is 14.1 Å². The molecule has 2 aromatic heterocycles. The number of nitrogens with one attached hydrogen (secondary N) is 2. The van der Waals surface area contributed by atoms with Crippen LogP contribution in [0.25, 0.3) is 11.1 Å². The van der Waals surface area contributed by atoms with E-state index in [1.165, 1.54) is 0 Å². The number of H-pyrrole nitrogens is 1. The summed E-state index contributed by atoms with van der Waals surface area (Å²) in [7, 11) is 0. The lowest BCUT2D eigenvalue weighted by Crippen LogP contribution is -2.40. The first-order chi connectivity index (χ1) is 16.9. The van der Waals surface area contributed by atoms with Gasteiger partial charge in [-0.2, -0.15) is 0 Å². The SMILES string of the molecule is CCN(c1cc2oc(C3CC3)nc2c(C(=O)NCc2c(C)cc(C)[nH]c2=O)c1C)C1CCOCC1. The van der Waals surface area contributed by atoms with Gasteiger partial charge in [0.05, 0.1) is 5.56 Å². The largest absolute Gasteiger partial charge is 0.440 e. The van der Waals surface area contributed by atoms with Crippen LogP contribution >= 0.6 is 0 Å². The van der Waals surface area contributed by atoms with Crippen molar-refractivity contribution in [1.82, 2.24) is 15.3 Å². The molecule has 186 valence electrons. The number of aromatic nitrogens is 2. The second-order valence-electron chi connectivity index (χ2n) is 9.82. The van der Waals surface area contributed by atoms with Gasteiger partial charge >= 0.3 is 0 Å². The molecule has 8 heteroatoms. The number of pyridine rings is 1. The van der Waals surface area contributed by atoms with Gasteiger partial charge in [0.25, 0.3) is 11.5 Å². The average molecular weight is 479 g/mol. The third-order valence-electron chi connectivity index (χ3n) is 7.29. The van der Waals surface area contributed by atoms with Gasteiger partial charge in [-0.1, -0.05) is 0 Å². The van der Waals surface area contributed by atoms with Crippen molar-refractivity contribution < 1.29 is 13.9 Å². The first-order valence-corrected chi connectivity index (χ1v) is 12.6. The van der Waals surface area contributed by atoms with Crippen LogP contribution in [-0.2, 0) is 11.3 Å². The van der Waals surface area contributed by atoms with Crippen molar-refractivity contribution in [2.24, 2.45) is 0 Å². The van der Waals surface area contributed by atoms with Gasteiger partial charge in [0.1, 0.15) is 5.52 Å². The molecular weight excluding hydrogens is 444 g/mol. The van der Waals surface area contributed by atoms with Crippen molar-refractivity contribution in [3.05, 3.63) is 56.3 Å². The van der Waals surface area contributed by atoms with Gasteiger partial charge in [0, 0.05) is 61.3 Å². The second kappa shape index (κ2) is 9.49. The summed E-state index contributed by atoms with van der Waals surface area (Å²) in [5.41, 5.74) is 5.70. The molecule has 5 rings (SSSR count). The van der Waals surface area contributed by atoms with E-state index in [-0.39, 0.29) is 18.0 Å². The van der Waals surface area contributed by atoms with E-state index < -0.39 is 0 Å². The number of carbonyl (C=O) groups is 1. The molecule has 1 saturated carbocycles. The topological polar surface area (TPSA) is 100 Å². The zero-order valence-corrected chi connectivity index (χ0v) is 21.0. The Balaban J connectivity index is 1.54. The highest BCUT2D eigenvalue weighted by molar-refractivity contribution is 6.07. The molecule has 0 unspecified atom stereocenters. The Morgan fingerprint density at radius 3 is 2.57 bits per heavy atom. The van der Waals surface area contributed by atoms with Crippen LogP contribution in [0.1, 0.15) is 77.2 Å². The van der Waals surface area contributed by atoms with Crippen molar-refractivity contribution in [3.8, 4) is 0 Å². The number of ether oxygens (including phenoxy) is 1. The summed E-state index contributed by atoms with van der Waals surface area (Å²) >= 11 is 0. The monoisotopic (exact) mass is 478 g/mol. The fourth-order valence-electron chi connectivity index (χ4n) is 5.23. The van der Waals surface area contributed by atoms with E-state index in [0.29, 0.717) is 40.1 Å². The Morgan fingerprint density at radius 2 is 1.91 bits per heavy atom. The molecule has 2 fully saturated rings. The predicted octanol–water partition coefficient (Wildman–Crippen LogP) is 4.25. The minimum atomic E-state index is -0.243. The van der Waals surface area contributed by atoms with Crippen LogP contribution in [0.15, 0.2) is 21.3 Å². The van der Waals surface area contributed by atoms with E-state index in [2.05, 4.69) is 22.1 Å². The van der Waals surface area contributed by atoms with Gasteiger partial charge in [-0.05, 0) is 70.6 Å². The molecule has 35 heavy (non-hydrogen) atoms. The summed E-state index contributed by atoms with van der Waals surface area (Å²) in [5.74, 6) is 0.812. The summed E-state index contributed by atoms with van der Waals surface area (Å²) in [5, 5.41) is 2.99. The summed E-state index contributed by atoms with van der Waals surface area (Å²) in [6, 6.07) is 4.31. The Labute approximate surface area is 205 Å². The number of amides is 1. The van der Waals surface area contributed by atoms with Crippen LogP contribution in [0.2, 0.25) is 0 Å². The average Bonchev–Trinajstić information content (AvgIpc) is 3.59. The van der Waals surface area contributed by atoms with Crippen LogP contribution in [0, 0.1) is 20.8 Å². The molecule has 1 amide bonds. The van der Waals surface area contributed by atoms with Crippen LogP contribution in [0.3, 0.4) is 0 Å². The first kappa shape index (κ1) is 23.6. The normalized spacial score (nSPS) is 16.6. The number of anilines is 1. The quantitative estimate of drug-likeness (QED) is 0.526. The van der Waals surface area contributed by atoms with Crippen molar-refractivity contribution in [3.63, 3.8) is 0 Å². The molecule has 2 aliphatic rings. The zero-order chi connectivity index (χ0) is 24.7. The maximum Gasteiger partial charge on any atom is 0.254 e. The van der Waals surface area contributed by atoms with E-state index >= 15 is 0 Å². The van der Waals surface area contributed by atoms with Crippen molar-refractivity contribution in [2.75, 3.05) is 24.7 Å². The Hall–Kier alpha value is -3.13. The van der Waals surface area contributed by atoms with Crippen molar-refractivity contribution >= 4 is 22.7 Å². The molecule has 2 N–H and O–H groups in total. The van der Waals surface area contributed by atoms with Crippen LogP contribution in [0.4, 0.5) is 5.69 Å². The summed E-state index contributed by atoms with van der Waals surface area (Å²) in [4.78, 5) is 36.1. The molecule has 1 saturated heterocycles. The minimum absolute atomic E-state index is 0.149. The highest BCUT2D eigenvalue weighted by Crippen LogP contribution is 2.42. The lowest BCUT2D eigenvalue weighted by atomic mass is 9.99. The summed E-state index contributed by atoms with van der Waals surface area (Å²) in [6.07, 6.45) is 4.04. The highest BCUT2D eigenvalue weighted by Gasteiger charge is 2.32. The molecular formula is C27H34N4O4. The molecule has 0 bridgehead atoms. The smallest absolute Gasteiger partial charge is 0.254 e. The fraction of sp³-hybridized carbons (Fsp3) is 0.519. The first-order valence-electron chi connectivity index (χ1n) is 12.6. The van der Waals surface area contributed by atoms with E-state index in [1.54, 1.807) is 0 Å². The van der Waals surface area contributed by atoms with Crippen LogP contribution in [0.5, 0.6) is 0 Å². The molecule has 1 aliphatic heterocycles. The molecule has 1 aromatic carbocycles. The second-order valence-corrected chi connectivity index (χ2v) is 9.82. The Kier molecular flexibility index (Phi) is 6.40. The fourth-order valence-corrected chi connectivity index (χ4v) is 5.23. The number of hydrogen-bond acceptors (Lipinski definition) is 6. The standard InChI is InChI=1S/C27H34N4O4/c1-5-31(19-8-10-34-11-9-19)21-13-22-24(30-27(35-22)18-6-7-18)23(17(21)4)26(33)28-14-20-15(2)12-16(3)29-25(20)32/h12-13,18-19H,5-11,14H2,1-4H3,(H,28,33)(H,29,32). The number of rotatable bonds is 7. The van der Waals surface area contributed by atoms with E-state index in [9.17, 15) is 9.59 Å². The van der Waals surface area contributed by atoms with Crippen LogP contribution < -0.4 is 15.8 Å². The number of aromatic amines is 1. The number of fused-ring (bicyclic) bond motifs is 1. The van der Waals surface area contributed by atoms with Gasteiger partial charge in [0.2, 0.25) is 0 Å². The third-order valence-corrected chi connectivity index (χ3v) is 7.29. The maximum absolute atomic E-state index is 13.6. The molecule has 0 radical (unpaired) electrons. The third kappa shape index (κ3) is 4.59. The van der Waals surface area contributed by atoms with Gasteiger partial charge in [0.15, 0.2) is 11.5 Å². The molecule has 0 spiro atoms. The Bertz CT molecular complexity index is 1310. The number of aryl methyl sites for hydroxylation is 2. The van der Waals surface area contributed by atoms with E-state index in [1.807, 2.05) is 32.9 Å². The van der Waals surface area contributed by atoms with E-state index in [0.717, 1.165) is 68.0 Å². The summed E-state index contributed by atoms with van der Waals surface area (Å²) in [6.45, 7) is 10.3. The maximum atomic E-state index is 13.6. The van der Waals surface area contributed by atoms with Gasteiger partial charge in [-0.15, -0.1) is 0 Å². The molecule has 3 aromatic rings. The number of benzene rings is 1. The zero-order valence-electron chi connectivity index (χ0n) is 21.0. The van der Waals surface area contributed by atoms with Gasteiger partial charge in [-0.3, -0.25) is 9.59 Å². The summed E-state index contributed by atoms with van der Waals surface area (Å²) < 4.78 is 11.8. The van der Waals surface area contributed by atoms with Crippen LogP contribution in [-0.4, -0.2) is 41.7 Å².